The number of carbonyl (C=O) groups excluding carboxylic acids is 2. The number of nitrogens with zero attached hydrogens (tertiary/aromatic N) is 1. The molecule has 128 valence electrons. The van der Waals surface area contributed by atoms with E-state index in [1.807, 2.05) is 13.8 Å². The number of esters is 1. The highest BCUT2D eigenvalue weighted by Crippen LogP contribution is 2.15. The second-order valence-corrected chi connectivity index (χ2v) is 3.10. The number of methoxy groups -OCH3 is 2. The first-order chi connectivity index (χ1) is 10.3. The molecular formula is C11H19F3N4O4. The van der Waals surface area contributed by atoms with Gasteiger partial charge in [0.05, 0.1) is 20.8 Å². The summed E-state index contributed by atoms with van der Waals surface area (Å²) >= 11 is 0. The zero-order valence-corrected chi connectivity index (χ0v) is 12.6. The number of ketones is 1. The van der Waals surface area contributed by atoms with Gasteiger partial charge < -0.3 is 9.47 Å². The molecule has 0 unspecified atom stereocenters. The molecule has 0 aromatic carbocycles. The number of rotatable bonds is 6. The Morgan fingerprint density at radius 2 is 1.77 bits per heavy atom. The van der Waals surface area contributed by atoms with Crippen LogP contribution in [0.4, 0.5) is 13.2 Å². The number of aliphatic imine (C=N–C) groups is 1. The Morgan fingerprint density at radius 3 is 2.14 bits per heavy atom. The van der Waals surface area contributed by atoms with Crippen LogP contribution in [0.25, 0.3) is 0 Å². The van der Waals surface area contributed by atoms with Crippen molar-refractivity contribution in [1.82, 2.24) is 11.0 Å². The highest BCUT2D eigenvalue weighted by atomic mass is 19.4. The summed E-state index contributed by atoms with van der Waals surface area (Å²) in [5, 5.41) is 0. The van der Waals surface area contributed by atoms with Crippen molar-refractivity contribution < 1.29 is 32.2 Å². The van der Waals surface area contributed by atoms with Gasteiger partial charge in [-0.25, -0.2) is 4.79 Å². The first kappa shape index (κ1) is 22.1. The molecule has 4 N–H and O–H groups in total. The lowest BCUT2D eigenvalue weighted by Crippen LogP contribution is -2.48. The number of carbonyl (C=O) groups is 2. The van der Waals surface area contributed by atoms with Gasteiger partial charge in [-0.05, 0) is 0 Å². The minimum Gasteiger partial charge on any atom is -0.499 e. The van der Waals surface area contributed by atoms with Gasteiger partial charge in [-0.1, -0.05) is 13.8 Å². The first-order valence-corrected chi connectivity index (χ1v) is 5.96. The van der Waals surface area contributed by atoms with E-state index in [0.29, 0.717) is 6.08 Å². The Hall–Kier alpha value is -2.14. The maximum absolute atomic E-state index is 12.4. The zero-order chi connectivity index (χ0) is 17.8. The number of ether oxygens (including phenoxy) is 2. The predicted molar refractivity (Wildman–Crippen MR) is 72.3 cm³/mol. The highest BCUT2D eigenvalue weighted by molar-refractivity contribution is 6.38. The topological polar surface area (TPSA) is 115 Å². The molecule has 0 aromatic heterocycles. The van der Waals surface area contributed by atoms with Crippen molar-refractivity contribution in [3.63, 3.8) is 0 Å². The lowest BCUT2D eigenvalue weighted by molar-refractivity contribution is -0.149. The lowest BCUT2D eigenvalue weighted by Gasteiger charge is -2.12. The second-order valence-electron chi connectivity index (χ2n) is 3.10. The van der Waals surface area contributed by atoms with Crippen LogP contribution in [0, 0.1) is 0 Å². The van der Waals surface area contributed by atoms with Crippen LogP contribution in [-0.2, 0) is 19.1 Å². The van der Waals surface area contributed by atoms with Crippen LogP contribution < -0.4 is 16.8 Å². The minimum atomic E-state index is -4.78. The van der Waals surface area contributed by atoms with Gasteiger partial charge in [0, 0.05) is 6.08 Å². The number of hydrazine groups is 2. The van der Waals surface area contributed by atoms with E-state index in [-0.39, 0.29) is 5.76 Å². The Morgan fingerprint density at radius 1 is 1.23 bits per heavy atom. The summed E-state index contributed by atoms with van der Waals surface area (Å²) in [4.78, 5) is 25.1. The van der Waals surface area contributed by atoms with Gasteiger partial charge in [-0.3, -0.25) is 21.1 Å². The molecule has 0 amide bonds. The molecule has 11 heteroatoms. The molecule has 0 rings (SSSR count). The number of hydrogen-bond acceptors (Lipinski definition) is 7. The van der Waals surface area contributed by atoms with E-state index in [1.54, 1.807) is 11.0 Å². The lowest BCUT2D eigenvalue weighted by atomic mass is 10.3. The molecule has 0 aromatic rings. The fourth-order valence-electron chi connectivity index (χ4n) is 0.900. The fraction of sp³-hybridized carbons (Fsp3) is 0.545. The maximum atomic E-state index is 12.4. The minimum absolute atomic E-state index is 0.263. The zero-order valence-electron chi connectivity index (χ0n) is 12.6. The summed E-state index contributed by atoms with van der Waals surface area (Å²) in [7, 11) is 2.09. The van der Waals surface area contributed by atoms with Gasteiger partial charge >= 0.3 is 12.1 Å². The average Bonchev–Trinajstić information content (AvgIpc) is 2.49. The molecule has 0 heterocycles. The largest absolute Gasteiger partial charge is 0.499 e. The third kappa shape index (κ3) is 8.92. The van der Waals surface area contributed by atoms with Crippen LogP contribution in [0.15, 0.2) is 16.8 Å². The number of nitrogens with one attached hydrogen (secondary N) is 2. The van der Waals surface area contributed by atoms with Crippen molar-refractivity contribution in [2.75, 3.05) is 20.8 Å². The van der Waals surface area contributed by atoms with Crippen molar-refractivity contribution in [3.8, 4) is 0 Å². The Bertz CT molecular complexity index is 422. The molecule has 0 saturated heterocycles. The number of alkyl halides is 3. The molecule has 0 spiro atoms. The van der Waals surface area contributed by atoms with Crippen molar-refractivity contribution in [2.45, 2.75) is 20.0 Å². The second kappa shape index (κ2) is 11.5. The van der Waals surface area contributed by atoms with E-state index in [1.165, 1.54) is 0 Å². The summed E-state index contributed by atoms with van der Waals surface area (Å²) in [6.07, 6.45) is -4.10. The van der Waals surface area contributed by atoms with Crippen LogP contribution in [-0.4, -0.2) is 44.5 Å². The monoisotopic (exact) mass is 328 g/mol. The first-order valence-electron chi connectivity index (χ1n) is 5.96. The SMILES string of the molecule is CC.COC(=O)C(=O)/C=C(\CN=C(NNN)C(F)(F)F)OC. The van der Waals surface area contributed by atoms with Crippen molar-refractivity contribution in [3.05, 3.63) is 11.8 Å². The molecule has 0 saturated carbocycles. The molecule has 0 atom stereocenters. The standard InChI is InChI=1S/C9H13F3N4O4.C2H6/c1-19-5(3-6(17)7(18)20-2)4-14-8(15-16-13)9(10,11)12;1-2/h3,16H,4,13H2,1-2H3,(H,14,15);1-2H3/b5-3+;. The van der Waals surface area contributed by atoms with Gasteiger partial charge in [0.15, 0.2) is 0 Å². The van der Waals surface area contributed by atoms with Gasteiger partial charge in [-0.15, -0.1) is 0 Å². The van der Waals surface area contributed by atoms with Crippen LogP contribution >= 0.6 is 0 Å². The Kier molecular flexibility index (Phi) is 11.6. The number of nitrogens with two attached hydrogens (primary N) is 1. The van der Waals surface area contributed by atoms with E-state index < -0.39 is 30.3 Å². The summed E-state index contributed by atoms with van der Waals surface area (Å²) < 4.78 is 46.0. The maximum Gasteiger partial charge on any atom is 0.450 e. The number of amidine groups is 1. The quantitative estimate of drug-likeness (QED) is 0.0933. The molecule has 22 heavy (non-hydrogen) atoms. The van der Waals surface area contributed by atoms with Crippen molar-refractivity contribution in [1.29, 1.82) is 0 Å². The summed E-state index contributed by atoms with van der Waals surface area (Å²) in [5.41, 5.74) is 3.16. The summed E-state index contributed by atoms with van der Waals surface area (Å²) in [6.45, 7) is 3.36. The molecule has 0 aliphatic rings. The molecule has 0 radical (unpaired) electrons. The summed E-state index contributed by atoms with van der Waals surface area (Å²) in [5.74, 6) is 0.750. The van der Waals surface area contributed by atoms with E-state index in [2.05, 4.69) is 14.5 Å². The Labute approximate surface area is 125 Å². The summed E-state index contributed by atoms with van der Waals surface area (Å²) in [6, 6.07) is 0. The normalized spacial score (nSPS) is 12.0. The van der Waals surface area contributed by atoms with E-state index >= 15 is 0 Å². The van der Waals surface area contributed by atoms with Crippen molar-refractivity contribution >= 4 is 17.6 Å². The Balaban J connectivity index is 0. The fourth-order valence-corrected chi connectivity index (χ4v) is 0.900. The van der Waals surface area contributed by atoms with E-state index in [9.17, 15) is 22.8 Å². The molecule has 0 bridgehead atoms. The van der Waals surface area contributed by atoms with Crippen LogP contribution in [0.2, 0.25) is 0 Å². The predicted octanol–water partition coefficient (Wildman–Crippen LogP) is 0.214. The molecule has 8 nitrogen and oxygen atoms in total. The third-order valence-corrected chi connectivity index (χ3v) is 1.79. The molecule has 0 aliphatic carbocycles. The third-order valence-electron chi connectivity index (χ3n) is 1.79. The van der Waals surface area contributed by atoms with Gasteiger partial charge in [0.1, 0.15) is 5.76 Å². The van der Waals surface area contributed by atoms with Crippen LogP contribution in [0.1, 0.15) is 13.8 Å². The van der Waals surface area contributed by atoms with Crippen LogP contribution in [0.5, 0.6) is 0 Å². The number of hydrogen-bond donors (Lipinski definition) is 3. The number of halogens is 3. The smallest absolute Gasteiger partial charge is 0.450 e. The highest BCUT2D eigenvalue weighted by Gasteiger charge is 2.35. The van der Waals surface area contributed by atoms with Gasteiger partial charge in [-0.2, -0.15) is 18.7 Å². The van der Waals surface area contributed by atoms with Crippen LogP contribution in [0.3, 0.4) is 0 Å². The van der Waals surface area contributed by atoms with E-state index in [4.69, 9.17) is 5.84 Å². The average molecular weight is 328 g/mol. The van der Waals surface area contributed by atoms with Gasteiger partial charge in [0.2, 0.25) is 5.84 Å². The molecular weight excluding hydrogens is 309 g/mol. The van der Waals surface area contributed by atoms with Gasteiger partial charge in [0.25, 0.3) is 5.78 Å². The van der Waals surface area contributed by atoms with E-state index in [0.717, 1.165) is 14.2 Å². The van der Waals surface area contributed by atoms with Crippen molar-refractivity contribution in [2.24, 2.45) is 10.8 Å². The molecule has 0 aliphatic heterocycles. The molecule has 0 fully saturated rings.